The number of nitrogens with zero attached hydrogens (tertiary/aromatic N) is 3. The van der Waals surface area contributed by atoms with Crippen LogP contribution in [-0.4, -0.2) is 52.8 Å². The van der Waals surface area contributed by atoms with Crippen molar-refractivity contribution in [1.29, 1.82) is 0 Å². The van der Waals surface area contributed by atoms with Gasteiger partial charge in [-0.25, -0.2) is 4.39 Å². The molecule has 0 atom stereocenters. The van der Waals surface area contributed by atoms with Crippen LogP contribution in [0, 0.1) is 12.7 Å². The number of hydrogen-bond donors (Lipinski definition) is 1. The summed E-state index contributed by atoms with van der Waals surface area (Å²) in [5.41, 5.74) is 4.15. The van der Waals surface area contributed by atoms with Gasteiger partial charge < -0.3 is 15.0 Å². The van der Waals surface area contributed by atoms with Crippen molar-refractivity contribution in [2.45, 2.75) is 39.8 Å². The van der Waals surface area contributed by atoms with Gasteiger partial charge in [0.25, 0.3) is 0 Å². The van der Waals surface area contributed by atoms with E-state index in [0.29, 0.717) is 32.8 Å². The maximum atomic E-state index is 13.2. The summed E-state index contributed by atoms with van der Waals surface area (Å²) >= 11 is 0. The molecule has 0 saturated heterocycles. The lowest BCUT2D eigenvalue weighted by Gasteiger charge is -2.28. The van der Waals surface area contributed by atoms with Gasteiger partial charge in [-0.15, -0.1) is 0 Å². The summed E-state index contributed by atoms with van der Waals surface area (Å²) in [4.78, 5) is 25.7. The van der Waals surface area contributed by atoms with Crippen molar-refractivity contribution < 1.29 is 18.7 Å². The number of hydrogen-bond acceptors (Lipinski definition) is 5. The molecule has 1 aliphatic rings. The summed E-state index contributed by atoms with van der Waals surface area (Å²) in [6.45, 7) is 6.38. The first-order valence-corrected chi connectivity index (χ1v) is 9.91. The molecule has 0 spiro atoms. The number of fused-ring (bicyclic) bond motifs is 1. The fourth-order valence-corrected chi connectivity index (χ4v) is 3.51. The average Bonchev–Trinajstić information content (AvgIpc) is 3.02. The van der Waals surface area contributed by atoms with Crippen molar-refractivity contribution in [1.82, 2.24) is 20.0 Å². The first-order valence-electron chi connectivity index (χ1n) is 9.91. The van der Waals surface area contributed by atoms with Crippen LogP contribution in [-0.2, 0) is 33.8 Å². The smallest absolute Gasteiger partial charge is 0.307 e. The van der Waals surface area contributed by atoms with E-state index in [1.165, 1.54) is 17.7 Å². The average molecular weight is 402 g/mol. The van der Waals surface area contributed by atoms with Crippen molar-refractivity contribution in [3.8, 4) is 0 Å². The minimum absolute atomic E-state index is 0.00769. The number of nitrogens with one attached hydrogen (secondary N) is 1. The highest BCUT2D eigenvalue weighted by Gasteiger charge is 2.26. The number of esters is 1. The molecule has 0 fully saturated rings. The molecule has 1 amide bonds. The Labute approximate surface area is 169 Å². The maximum absolute atomic E-state index is 13.2. The SMILES string of the molecule is CCOC(=O)CCNCC(=O)N1CCc2c(C)nn(Cc3ccc(F)cc3)c2C1. The topological polar surface area (TPSA) is 76.5 Å². The number of carbonyl (C=O) groups excluding carboxylic acids is 2. The van der Waals surface area contributed by atoms with Gasteiger partial charge in [0.15, 0.2) is 0 Å². The number of benzene rings is 1. The summed E-state index contributed by atoms with van der Waals surface area (Å²) < 4.78 is 19.9. The second-order valence-electron chi connectivity index (χ2n) is 7.09. The highest BCUT2D eigenvalue weighted by Crippen LogP contribution is 2.23. The van der Waals surface area contributed by atoms with Crippen LogP contribution in [0.4, 0.5) is 4.39 Å². The zero-order chi connectivity index (χ0) is 20.8. The summed E-state index contributed by atoms with van der Waals surface area (Å²) in [5.74, 6) is -0.540. The fourth-order valence-electron chi connectivity index (χ4n) is 3.51. The Bertz CT molecular complexity index is 864. The van der Waals surface area contributed by atoms with Crippen LogP contribution in [0.1, 0.15) is 35.9 Å². The van der Waals surface area contributed by atoms with Crippen LogP contribution in [0.25, 0.3) is 0 Å². The molecule has 29 heavy (non-hydrogen) atoms. The maximum Gasteiger partial charge on any atom is 0.307 e. The number of halogens is 1. The quantitative estimate of drug-likeness (QED) is 0.538. The highest BCUT2D eigenvalue weighted by atomic mass is 19.1. The Balaban J connectivity index is 1.58. The monoisotopic (exact) mass is 402 g/mol. The van der Waals surface area contributed by atoms with Crippen LogP contribution in [0.2, 0.25) is 0 Å². The molecule has 0 saturated carbocycles. The third-order valence-corrected chi connectivity index (χ3v) is 5.03. The summed E-state index contributed by atoms with van der Waals surface area (Å²) in [5, 5.41) is 7.64. The van der Waals surface area contributed by atoms with Crippen LogP contribution >= 0.6 is 0 Å². The predicted octanol–water partition coefficient (Wildman–Crippen LogP) is 1.81. The molecule has 1 aromatic heterocycles. The number of amides is 1. The molecule has 0 aliphatic carbocycles. The first kappa shape index (κ1) is 21.0. The van der Waals surface area contributed by atoms with E-state index in [4.69, 9.17) is 4.74 Å². The molecule has 1 aromatic carbocycles. The lowest BCUT2D eigenvalue weighted by Crippen LogP contribution is -2.42. The van der Waals surface area contributed by atoms with E-state index in [2.05, 4.69) is 10.4 Å². The van der Waals surface area contributed by atoms with Crippen LogP contribution in [0.5, 0.6) is 0 Å². The standard InChI is InChI=1S/C21H27FN4O3/c1-3-29-21(28)8-10-23-12-20(27)25-11-9-18-15(2)24-26(19(18)14-25)13-16-4-6-17(22)7-5-16/h4-7,23H,3,8-14H2,1-2H3. The summed E-state index contributed by atoms with van der Waals surface area (Å²) in [6, 6.07) is 6.38. The molecule has 2 heterocycles. The first-order chi connectivity index (χ1) is 14.0. The second kappa shape index (κ2) is 9.65. The molecule has 0 radical (unpaired) electrons. The van der Waals surface area contributed by atoms with Gasteiger partial charge >= 0.3 is 5.97 Å². The number of aromatic nitrogens is 2. The van der Waals surface area contributed by atoms with E-state index in [1.807, 2.05) is 16.5 Å². The molecule has 0 bridgehead atoms. The molecule has 7 nitrogen and oxygen atoms in total. The molecule has 3 rings (SSSR count). The Morgan fingerprint density at radius 2 is 2.03 bits per heavy atom. The van der Waals surface area contributed by atoms with E-state index in [1.54, 1.807) is 19.1 Å². The predicted molar refractivity (Wildman–Crippen MR) is 106 cm³/mol. The lowest BCUT2D eigenvalue weighted by atomic mass is 10.0. The van der Waals surface area contributed by atoms with Gasteiger partial charge in [-0.1, -0.05) is 12.1 Å². The van der Waals surface area contributed by atoms with Crippen molar-refractivity contribution in [2.75, 3.05) is 26.2 Å². The number of carbonyl (C=O) groups is 2. The summed E-state index contributed by atoms with van der Waals surface area (Å²) in [7, 11) is 0. The Morgan fingerprint density at radius 3 is 2.76 bits per heavy atom. The zero-order valence-electron chi connectivity index (χ0n) is 16.9. The van der Waals surface area contributed by atoms with Gasteiger partial charge in [-0.05, 0) is 43.5 Å². The van der Waals surface area contributed by atoms with E-state index in [-0.39, 0.29) is 30.7 Å². The van der Waals surface area contributed by atoms with E-state index in [9.17, 15) is 14.0 Å². The Kier molecular flexibility index (Phi) is 6.98. The van der Waals surface area contributed by atoms with Gasteiger partial charge in [0.05, 0.1) is 44.0 Å². The molecule has 8 heteroatoms. The minimum atomic E-state index is -0.268. The van der Waals surface area contributed by atoms with Crippen LogP contribution in [0.15, 0.2) is 24.3 Å². The molecule has 156 valence electrons. The van der Waals surface area contributed by atoms with E-state index >= 15 is 0 Å². The number of ether oxygens (including phenoxy) is 1. The highest BCUT2D eigenvalue weighted by molar-refractivity contribution is 5.78. The van der Waals surface area contributed by atoms with Gasteiger partial charge in [-0.2, -0.15) is 5.10 Å². The van der Waals surface area contributed by atoms with E-state index < -0.39 is 0 Å². The lowest BCUT2D eigenvalue weighted by molar-refractivity contribution is -0.143. The van der Waals surface area contributed by atoms with Crippen molar-refractivity contribution in [2.24, 2.45) is 0 Å². The third kappa shape index (κ3) is 5.41. The number of rotatable bonds is 8. The van der Waals surface area contributed by atoms with Crippen molar-refractivity contribution in [3.05, 3.63) is 52.6 Å². The van der Waals surface area contributed by atoms with Crippen molar-refractivity contribution >= 4 is 11.9 Å². The van der Waals surface area contributed by atoms with Crippen LogP contribution in [0.3, 0.4) is 0 Å². The largest absolute Gasteiger partial charge is 0.466 e. The minimum Gasteiger partial charge on any atom is -0.466 e. The summed E-state index contributed by atoms with van der Waals surface area (Å²) in [6.07, 6.45) is 1.01. The number of aryl methyl sites for hydroxylation is 1. The molecular weight excluding hydrogens is 375 g/mol. The molecule has 1 N–H and O–H groups in total. The van der Waals surface area contributed by atoms with Gasteiger partial charge in [-0.3, -0.25) is 14.3 Å². The Hall–Kier alpha value is -2.74. The Morgan fingerprint density at radius 1 is 1.28 bits per heavy atom. The fraction of sp³-hybridized carbons (Fsp3) is 0.476. The van der Waals surface area contributed by atoms with Crippen molar-refractivity contribution in [3.63, 3.8) is 0 Å². The molecule has 2 aromatic rings. The zero-order valence-corrected chi connectivity index (χ0v) is 16.9. The van der Waals surface area contributed by atoms with Gasteiger partial charge in [0.2, 0.25) is 5.91 Å². The molecule has 0 unspecified atom stereocenters. The van der Waals surface area contributed by atoms with Gasteiger partial charge in [0, 0.05) is 13.1 Å². The molecular formula is C21H27FN4O3. The van der Waals surface area contributed by atoms with E-state index in [0.717, 1.165) is 23.4 Å². The third-order valence-electron chi connectivity index (χ3n) is 5.03. The van der Waals surface area contributed by atoms with Gasteiger partial charge in [0.1, 0.15) is 5.82 Å². The van der Waals surface area contributed by atoms with Crippen LogP contribution < -0.4 is 5.32 Å². The second-order valence-corrected chi connectivity index (χ2v) is 7.09. The normalized spacial score (nSPS) is 13.3. The molecule has 1 aliphatic heterocycles.